The van der Waals surface area contributed by atoms with Gasteiger partial charge < -0.3 is 25.5 Å². The SMILES string of the molecule is COc1cc(OC)c(N)c(C(=O)NCc2ncc[nH]2)c1. The van der Waals surface area contributed by atoms with E-state index in [-0.39, 0.29) is 18.1 Å². The number of nitrogen functional groups attached to an aromatic ring is 1. The summed E-state index contributed by atoms with van der Waals surface area (Å²) in [6.45, 7) is 0.283. The summed E-state index contributed by atoms with van der Waals surface area (Å²) in [4.78, 5) is 19.1. The van der Waals surface area contributed by atoms with Crippen molar-refractivity contribution in [2.24, 2.45) is 0 Å². The van der Waals surface area contributed by atoms with Crippen LogP contribution in [0.25, 0.3) is 0 Å². The van der Waals surface area contributed by atoms with E-state index in [0.717, 1.165) is 0 Å². The Kier molecular flexibility index (Phi) is 4.09. The lowest BCUT2D eigenvalue weighted by Crippen LogP contribution is -2.24. The number of nitrogens with one attached hydrogen (secondary N) is 2. The van der Waals surface area contributed by atoms with Gasteiger partial charge in [-0.15, -0.1) is 0 Å². The largest absolute Gasteiger partial charge is 0.497 e. The number of aromatic amines is 1. The molecule has 1 heterocycles. The minimum Gasteiger partial charge on any atom is -0.497 e. The van der Waals surface area contributed by atoms with Crippen LogP contribution in [0.2, 0.25) is 0 Å². The molecule has 106 valence electrons. The van der Waals surface area contributed by atoms with Crippen molar-refractivity contribution >= 4 is 11.6 Å². The number of anilines is 1. The molecule has 0 radical (unpaired) electrons. The minimum absolute atomic E-state index is 0.269. The number of benzene rings is 1. The zero-order chi connectivity index (χ0) is 14.5. The number of hydrogen-bond donors (Lipinski definition) is 3. The van der Waals surface area contributed by atoms with Crippen molar-refractivity contribution in [3.63, 3.8) is 0 Å². The summed E-state index contributed by atoms with van der Waals surface area (Å²) in [7, 11) is 2.99. The predicted octanol–water partition coefficient (Wildman–Crippen LogP) is 0.939. The lowest BCUT2D eigenvalue weighted by molar-refractivity contribution is 0.0950. The summed E-state index contributed by atoms with van der Waals surface area (Å²) >= 11 is 0. The average molecular weight is 276 g/mol. The Labute approximate surface area is 116 Å². The summed E-state index contributed by atoms with van der Waals surface area (Å²) < 4.78 is 10.2. The molecule has 0 unspecified atom stereocenters. The smallest absolute Gasteiger partial charge is 0.254 e. The number of nitrogens with two attached hydrogens (primary N) is 1. The van der Waals surface area contributed by atoms with Crippen molar-refractivity contribution in [1.29, 1.82) is 0 Å². The summed E-state index contributed by atoms with van der Waals surface area (Å²) in [6.07, 6.45) is 3.30. The molecule has 0 spiro atoms. The fraction of sp³-hybridized carbons (Fsp3) is 0.231. The Bertz CT molecular complexity index is 596. The first-order valence-electron chi connectivity index (χ1n) is 5.93. The number of hydrogen-bond acceptors (Lipinski definition) is 5. The van der Waals surface area contributed by atoms with Crippen LogP contribution in [0.5, 0.6) is 11.5 Å². The van der Waals surface area contributed by atoms with Gasteiger partial charge in [-0.2, -0.15) is 0 Å². The van der Waals surface area contributed by atoms with Gasteiger partial charge in [0.25, 0.3) is 5.91 Å². The first-order valence-corrected chi connectivity index (χ1v) is 5.93. The first kappa shape index (κ1) is 13.7. The molecule has 2 aromatic rings. The Morgan fingerprint density at radius 3 is 2.80 bits per heavy atom. The van der Waals surface area contributed by atoms with E-state index in [9.17, 15) is 4.79 Å². The van der Waals surface area contributed by atoms with Crippen LogP contribution in [0.4, 0.5) is 5.69 Å². The second kappa shape index (κ2) is 5.96. The lowest BCUT2D eigenvalue weighted by Gasteiger charge is -2.12. The van der Waals surface area contributed by atoms with Crippen LogP contribution in [0.3, 0.4) is 0 Å². The molecule has 0 atom stereocenters. The third-order valence-corrected chi connectivity index (χ3v) is 2.79. The zero-order valence-electron chi connectivity index (χ0n) is 11.3. The number of carbonyl (C=O) groups excluding carboxylic acids is 1. The first-order chi connectivity index (χ1) is 9.65. The molecule has 0 bridgehead atoms. The summed E-state index contributed by atoms with van der Waals surface area (Å²) in [5, 5.41) is 2.72. The van der Waals surface area contributed by atoms with Crippen molar-refractivity contribution in [1.82, 2.24) is 15.3 Å². The van der Waals surface area contributed by atoms with Gasteiger partial charge in [-0.25, -0.2) is 4.98 Å². The lowest BCUT2D eigenvalue weighted by atomic mass is 10.1. The number of H-pyrrole nitrogens is 1. The van der Waals surface area contributed by atoms with Gasteiger partial charge in [0, 0.05) is 18.5 Å². The monoisotopic (exact) mass is 276 g/mol. The fourth-order valence-electron chi connectivity index (χ4n) is 1.73. The summed E-state index contributed by atoms with van der Waals surface area (Å²) in [6, 6.07) is 3.19. The number of imidazole rings is 1. The van der Waals surface area contributed by atoms with Gasteiger partial charge in [-0.3, -0.25) is 4.79 Å². The predicted molar refractivity (Wildman–Crippen MR) is 73.7 cm³/mol. The number of aromatic nitrogens is 2. The normalized spacial score (nSPS) is 10.1. The van der Waals surface area contributed by atoms with E-state index in [4.69, 9.17) is 15.2 Å². The highest BCUT2D eigenvalue weighted by molar-refractivity contribution is 6.00. The minimum atomic E-state index is -0.323. The molecule has 7 nitrogen and oxygen atoms in total. The van der Waals surface area contributed by atoms with Gasteiger partial charge in [0.05, 0.1) is 32.0 Å². The van der Waals surface area contributed by atoms with Crippen molar-refractivity contribution < 1.29 is 14.3 Å². The third kappa shape index (κ3) is 2.82. The van der Waals surface area contributed by atoms with Crippen LogP contribution < -0.4 is 20.5 Å². The topological polar surface area (TPSA) is 102 Å². The highest BCUT2D eigenvalue weighted by Gasteiger charge is 2.16. The van der Waals surface area contributed by atoms with Gasteiger partial charge in [-0.1, -0.05) is 0 Å². The van der Waals surface area contributed by atoms with Gasteiger partial charge in [0.2, 0.25) is 0 Å². The van der Waals surface area contributed by atoms with Crippen LogP contribution in [-0.4, -0.2) is 30.1 Å². The summed E-state index contributed by atoms with van der Waals surface area (Å²) in [5.74, 6) is 1.23. The molecule has 0 aliphatic carbocycles. The second-order valence-electron chi connectivity index (χ2n) is 4.01. The third-order valence-electron chi connectivity index (χ3n) is 2.79. The van der Waals surface area contributed by atoms with E-state index < -0.39 is 0 Å². The molecular weight excluding hydrogens is 260 g/mol. The van der Waals surface area contributed by atoms with E-state index in [1.165, 1.54) is 14.2 Å². The maximum atomic E-state index is 12.2. The molecule has 4 N–H and O–H groups in total. The molecule has 20 heavy (non-hydrogen) atoms. The number of methoxy groups -OCH3 is 2. The molecule has 7 heteroatoms. The average Bonchev–Trinajstić information content (AvgIpc) is 2.98. The highest BCUT2D eigenvalue weighted by Crippen LogP contribution is 2.30. The van der Waals surface area contributed by atoms with E-state index >= 15 is 0 Å². The van der Waals surface area contributed by atoms with Crippen molar-refractivity contribution in [2.75, 3.05) is 20.0 Å². The molecule has 2 rings (SSSR count). The maximum Gasteiger partial charge on any atom is 0.254 e. The molecule has 0 aliphatic rings. The van der Waals surface area contributed by atoms with Crippen molar-refractivity contribution in [3.8, 4) is 11.5 Å². The van der Waals surface area contributed by atoms with Crippen LogP contribution in [-0.2, 0) is 6.54 Å². The van der Waals surface area contributed by atoms with Crippen LogP contribution in [0.1, 0.15) is 16.2 Å². The Hall–Kier alpha value is -2.70. The number of amides is 1. The molecular formula is C13H16N4O3. The van der Waals surface area contributed by atoms with E-state index in [0.29, 0.717) is 22.9 Å². The molecule has 0 fully saturated rings. The Morgan fingerprint density at radius 1 is 1.40 bits per heavy atom. The van der Waals surface area contributed by atoms with Crippen LogP contribution in [0.15, 0.2) is 24.5 Å². The van der Waals surface area contributed by atoms with Gasteiger partial charge in [0.15, 0.2) is 0 Å². The molecule has 1 amide bonds. The fourth-order valence-corrected chi connectivity index (χ4v) is 1.73. The maximum absolute atomic E-state index is 12.2. The van der Waals surface area contributed by atoms with Gasteiger partial charge >= 0.3 is 0 Å². The summed E-state index contributed by atoms with van der Waals surface area (Å²) in [5.41, 5.74) is 6.47. The molecule has 1 aromatic heterocycles. The quantitative estimate of drug-likeness (QED) is 0.705. The van der Waals surface area contributed by atoms with Crippen LogP contribution in [0, 0.1) is 0 Å². The number of nitrogens with zero attached hydrogens (tertiary/aromatic N) is 1. The molecule has 0 saturated carbocycles. The molecule has 0 saturated heterocycles. The van der Waals surface area contributed by atoms with E-state index in [1.807, 2.05) is 0 Å². The standard InChI is InChI=1S/C13H16N4O3/c1-19-8-5-9(12(14)10(6-8)20-2)13(18)17-7-11-15-3-4-16-11/h3-6H,7,14H2,1-2H3,(H,15,16)(H,17,18). The zero-order valence-corrected chi connectivity index (χ0v) is 11.3. The number of rotatable bonds is 5. The Morgan fingerprint density at radius 2 is 2.20 bits per heavy atom. The Balaban J connectivity index is 2.20. The highest BCUT2D eigenvalue weighted by atomic mass is 16.5. The van der Waals surface area contributed by atoms with Crippen LogP contribution >= 0.6 is 0 Å². The van der Waals surface area contributed by atoms with Gasteiger partial charge in [-0.05, 0) is 6.07 Å². The van der Waals surface area contributed by atoms with E-state index in [1.54, 1.807) is 24.5 Å². The second-order valence-corrected chi connectivity index (χ2v) is 4.01. The van der Waals surface area contributed by atoms with E-state index in [2.05, 4.69) is 15.3 Å². The van der Waals surface area contributed by atoms with Crippen molar-refractivity contribution in [3.05, 3.63) is 35.9 Å². The number of carbonyl (C=O) groups is 1. The van der Waals surface area contributed by atoms with Gasteiger partial charge in [0.1, 0.15) is 17.3 Å². The molecule has 0 aliphatic heterocycles. The molecule has 1 aromatic carbocycles. The van der Waals surface area contributed by atoms with Crippen molar-refractivity contribution in [2.45, 2.75) is 6.54 Å². The number of ether oxygens (including phenoxy) is 2.